The average Bonchev–Trinajstić information content (AvgIpc) is 2.67. The molecular weight excluding hydrogens is 320 g/mol. The third kappa shape index (κ3) is 4.16. The first-order valence-electron chi connectivity index (χ1n) is 9.62. The van der Waals surface area contributed by atoms with Gasteiger partial charge in [-0.3, -0.25) is 4.79 Å². The number of rotatable bonds is 3. The molecule has 2 aromatic carbocycles. The van der Waals surface area contributed by atoms with Crippen LogP contribution >= 0.6 is 0 Å². The molecule has 1 saturated heterocycles. The SMILES string of the molecule is CC[C@@H]1CN(C(=O)c2ccc(-c3cccc(C(C)(C)C)c3)cc2)CCN1. The normalized spacial score (nSPS) is 18.0. The molecule has 1 atom stereocenters. The van der Waals surface area contributed by atoms with E-state index in [1.807, 2.05) is 17.0 Å². The van der Waals surface area contributed by atoms with Crippen molar-refractivity contribution in [2.24, 2.45) is 0 Å². The van der Waals surface area contributed by atoms with E-state index in [4.69, 9.17) is 0 Å². The molecule has 138 valence electrons. The van der Waals surface area contributed by atoms with E-state index in [2.05, 4.69) is 69.4 Å². The first kappa shape index (κ1) is 18.7. The highest BCUT2D eigenvalue weighted by Crippen LogP contribution is 2.28. The Labute approximate surface area is 157 Å². The lowest BCUT2D eigenvalue weighted by Crippen LogP contribution is -2.52. The Bertz CT molecular complexity index is 759. The van der Waals surface area contributed by atoms with Crippen LogP contribution in [0.4, 0.5) is 0 Å². The summed E-state index contributed by atoms with van der Waals surface area (Å²) in [4.78, 5) is 14.8. The monoisotopic (exact) mass is 350 g/mol. The van der Waals surface area contributed by atoms with Gasteiger partial charge in [-0.2, -0.15) is 0 Å². The largest absolute Gasteiger partial charge is 0.336 e. The van der Waals surface area contributed by atoms with E-state index in [1.165, 1.54) is 11.1 Å². The van der Waals surface area contributed by atoms with E-state index >= 15 is 0 Å². The van der Waals surface area contributed by atoms with Crippen LogP contribution in [0, 0.1) is 0 Å². The summed E-state index contributed by atoms with van der Waals surface area (Å²) < 4.78 is 0. The van der Waals surface area contributed by atoms with Gasteiger partial charge in [0.15, 0.2) is 0 Å². The van der Waals surface area contributed by atoms with E-state index in [-0.39, 0.29) is 11.3 Å². The second kappa shape index (κ2) is 7.63. The molecule has 0 unspecified atom stereocenters. The molecule has 1 aliphatic rings. The van der Waals surface area contributed by atoms with E-state index in [9.17, 15) is 4.79 Å². The second-order valence-electron chi connectivity index (χ2n) is 8.22. The number of hydrogen-bond acceptors (Lipinski definition) is 2. The minimum Gasteiger partial charge on any atom is -0.336 e. The summed E-state index contributed by atoms with van der Waals surface area (Å²) in [5.74, 6) is 0.139. The van der Waals surface area contributed by atoms with Crippen molar-refractivity contribution in [1.29, 1.82) is 0 Å². The van der Waals surface area contributed by atoms with Crippen LogP contribution < -0.4 is 5.32 Å². The van der Waals surface area contributed by atoms with E-state index in [0.717, 1.165) is 37.2 Å². The molecule has 3 rings (SSSR count). The lowest BCUT2D eigenvalue weighted by atomic mass is 9.85. The highest BCUT2D eigenvalue weighted by atomic mass is 16.2. The number of hydrogen-bond donors (Lipinski definition) is 1. The number of nitrogens with zero attached hydrogens (tertiary/aromatic N) is 1. The Balaban J connectivity index is 1.77. The van der Waals surface area contributed by atoms with Crippen molar-refractivity contribution in [2.75, 3.05) is 19.6 Å². The second-order valence-corrected chi connectivity index (χ2v) is 8.22. The molecule has 1 heterocycles. The van der Waals surface area contributed by atoms with E-state index < -0.39 is 0 Å². The third-order valence-corrected chi connectivity index (χ3v) is 5.23. The first-order chi connectivity index (χ1) is 12.4. The van der Waals surface area contributed by atoms with Crippen molar-refractivity contribution in [3.05, 3.63) is 59.7 Å². The molecule has 0 aliphatic carbocycles. The number of carbonyl (C=O) groups excluding carboxylic acids is 1. The van der Waals surface area contributed by atoms with Gasteiger partial charge in [0.1, 0.15) is 0 Å². The number of nitrogens with one attached hydrogen (secondary N) is 1. The molecule has 1 N–H and O–H groups in total. The quantitative estimate of drug-likeness (QED) is 0.885. The smallest absolute Gasteiger partial charge is 0.253 e. The average molecular weight is 351 g/mol. The zero-order chi connectivity index (χ0) is 18.7. The summed E-state index contributed by atoms with van der Waals surface area (Å²) in [6.07, 6.45) is 1.05. The Morgan fingerprint density at radius 1 is 1.12 bits per heavy atom. The number of piperazine rings is 1. The van der Waals surface area contributed by atoms with Crippen molar-refractivity contribution in [2.45, 2.75) is 45.6 Å². The van der Waals surface area contributed by atoms with Crippen LogP contribution in [0.3, 0.4) is 0 Å². The highest BCUT2D eigenvalue weighted by Gasteiger charge is 2.23. The van der Waals surface area contributed by atoms with Crippen LogP contribution in [-0.2, 0) is 5.41 Å². The van der Waals surface area contributed by atoms with Crippen molar-refractivity contribution >= 4 is 5.91 Å². The van der Waals surface area contributed by atoms with Crippen molar-refractivity contribution in [3.8, 4) is 11.1 Å². The Kier molecular flexibility index (Phi) is 5.47. The molecule has 0 saturated carbocycles. The first-order valence-corrected chi connectivity index (χ1v) is 9.62. The molecule has 0 aromatic heterocycles. The predicted molar refractivity (Wildman–Crippen MR) is 109 cm³/mol. The number of benzene rings is 2. The van der Waals surface area contributed by atoms with Crippen LogP contribution in [0.5, 0.6) is 0 Å². The van der Waals surface area contributed by atoms with Gasteiger partial charge in [0.05, 0.1) is 0 Å². The number of carbonyl (C=O) groups is 1. The summed E-state index contributed by atoms with van der Waals surface area (Å²) in [6.45, 7) is 11.3. The molecule has 0 radical (unpaired) electrons. The summed E-state index contributed by atoms with van der Waals surface area (Å²) in [6, 6.07) is 17.1. The van der Waals surface area contributed by atoms with Crippen molar-refractivity contribution in [1.82, 2.24) is 10.2 Å². The molecule has 2 aromatic rings. The Morgan fingerprint density at radius 2 is 1.85 bits per heavy atom. The topological polar surface area (TPSA) is 32.3 Å². The summed E-state index contributed by atoms with van der Waals surface area (Å²) in [5, 5.41) is 3.46. The molecule has 0 bridgehead atoms. The minimum absolute atomic E-state index is 0.129. The summed E-state index contributed by atoms with van der Waals surface area (Å²) in [5.41, 5.74) is 4.58. The molecule has 1 amide bonds. The van der Waals surface area contributed by atoms with Crippen molar-refractivity contribution < 1.29 is 4.79 Å². The van der Waals surface area contributed by atoms with Crippen LogP contribution in [0.1, 0.15) is 50.0 Å². The van der Waals surface area contributed by atoms with Gasteiger partial charge < -0.3 is 10.2 Å². The van der Waals surface area contributed by atoms with E-state index in [0.29, 0.717) is 6.04 Å². The van der Waals surface area contributed by atoms with Crippen LogP contribution in [0.2, 0.25) is 0 Å². The Hall–Kier alpha value is -2.13. The third-order valence-electron chi connectivity index (χ3n) is 5.23. The van der Waals surface area contributed by atoms with Crippen LogP contribution in [-0.4, -0.2) is 36.5 Å². The molecule has 1 fully saturated rings. The lowest BCUT2D eigenvalue weighted by Gasteiger charge is -2.33. The molecule has 1 aliphatic heterocycles. The minimum atomic E-state index is 0.129. The van der Waals surface area contributed by atoms with Gasteiger partial charge in [0.2, 0.25) is 0 Å². The molecular formula is C23H30N2O. The maximum atomic E-state index is 12.8. The van der Waals surface area contributed by atoms with Gasteiger partial charge in [-0.1, -0.05) is 64.1 Å². The summed E-state index contributed by atoms with van der Waals surface area (Å²) in [7, 11) is 0. The fraction of sp³-hybridized carbons (Fsp3) is 0.435. The molecule has 26 heavy (non-hydrogen) atoms. The maximum Gasteiger partial charge on any atom is 0.253 e. The molecule has 3 nitrogen and oxygen atoms in total. The van der Waals surface area contributed by atoms with Crippen LogP contribution in [0.15, 0.2) is 48.5 Å². The lowest BCUT2D eigenvalue weighted by molar-refractivity contribution is 0.0701. The van der Waals surface area contributed by atoms with Crippen LogP contribution in [0.25, 0.3) is 11.1 Å². The van der Waals surface area contributed by atoms with Gasteiger partial charge in [-0.15, -0.1) is 0 Å². The zero-order valence-electron chi connectivity index (χ0n) is 16.4. The summed E-state index contributed by atoms with van der Waals surface area (Å²) >= 11 is 0. The maximum absolute atomic E-state index is 12.8. The van der Waals surface area contributed by atoms with Crippen molar-refractivity contribution in [3.63, 3.8) is 0 Å². The Morgan fingerprint density at radius 3 is 2.50 bits per heavy atom. The van der Waals surface area contributed by atoms with Gasteiger partial charge in [-0.05, 0) is 40.7 Å². The van der Waals surface area contributed by atoms with E-state index in [1.54, 1.807) is 0 Å². The van der Waals surface area contributed by atoms with Gasteiger partial charge in [0.25, 0.3) is 5.91 Å². The highest BCUT2D eigenvalue weighted by molar-refractivity contribution is 5.94. The fourth-order valence-electron chi connectivity index (χ4n) is 3.44. The molecule has 3 heteroatoms. The zero-order valence-corrected chi connectivity index (χ0v) is 16.4. The van der Waals surface area contributed by atoms with Gasteiger partial charge in [0, 0.05) is 31.2 Å². The molecule has 0 spiro atoms. The predicted octanol–water partition coefficient (Wildman–Crippen LogP) is 4.48. The number of amides is 1. The standard InChI is InChI=1S/C23H30N2O/c1-5-21-16-25(14-13-24-21)22(26)18-11-9-17(10-12-18)19-7-6-8-20(15-19)23(2,3)4/h6-12,15,21,24H,5,13-14,16H2,1-4H3/t21-/m1/s1. The van der Waals surface area contributed by atoms with Gasteiger partial charge >= 0.3 is 0 Å². The van der Waals surface area contributed by atoms with Gasteiger partial charge in [-0.25, -0.2) is 0 Å². The fourth-order valence-corrected chi connectivity index (χ4v) is 3.44.